The third kappa shape index (κ3) is 1.09. The molecule has 2 atom stereocenters. The van der Waals surface area contributed by atoms with Gasteiger partial charge in [-0.2, -0.15) is 0 Å². The molecular weight excluding hydrogens is 186 g/mol. The molecule has 1 nitrogen and oxygen atoms in total. The van der Waals surface area contributed by atoms with Crippen molar-refractivity contribution < 1.29 is 13.9 Å². The highest BCUT2D eigenvalue weighted by Crippen LogP contribution is 2.53. The lowest BCUT2D eigenvalue weighted by atomic mass is 9.70. The van der Waals surface area contributed by atoms with Gasteiger partial charge in [0.1, 0.15) is 0 Å². The lowest BCUT2D eigenvalue weighted by Crippen LogP contribution is -2.51. The summed E-state index contributed by atoms with van der Waals surface area (Å²) in [5.74, 6) is -4.10. The van der Waals surface area contributed by atoms with Crippen LogP contribution in [0.1, 0.15) is 11.5 Å². The van der Waals surface area contributed by atoms with Crippen molar-refractivity contribution in [1.29, 1.82) is 0 Å². The molecule has 0 bridgehead atoms. The summed E-state index contributed by atoms with van der Waals surface area (Å²) in [7, 11) is 0. The first-order valence-corrected chi connectivity index (χ1v) is 4.35. The Kier molecular flexibility index (Phi) is 1.93. The lowest BCUT2D eigenvalue weighted by Gasteiger charge is -2.43. The molecule has 1 aliphatic carbocycles. The smallest absolute Gasteiger partial charge is 0.281 e. The van der Waals surface area contributed by atoms with Crippen molar-refractivity contribution in [2.45, 2.75) is 17.9 Å². The van der Waals surface area contributed by atoms with Gasteiger partial charge in [-0.1, -0.05) is 36.9 Å². The van der Waals surface area contributed by atoms with Crippen LogP contribution in [0.5, 0.6) is 0 Å². The van der Waals surface area contributed by atoms with E-state index in [1.54, 1.807) is 30.3 Å². The van der Waals surface area contributed by atoms with Gasteiger partial charge in [0.05, 0.1) is 12.0 Å². The van der Waals surface area contributed by atoms with E-state index in [1.165, 1.54) is 0 Å². The van der Waals surface area contributed by atoms with E-state index in [2.05, 4.69) is 6.58 Å². The fourth-order valence-electron chi connectivity index (χ4n) is 1.75. The molecule has 1 aromatic carbocycles. The third-order valence-corrected chi connectivity index (χ3v) is 2.65. The Morgan fingerprint density at radius 3 is 2.29 bits per heavy atom. The number of aliphatic hydroxyl groups is 1. The molecule has 3 heteroatoms. The Morgan fingerprint density at radius 1 is 1.21 bits per heavy atom. The number of aliphatic hydroxyl groups excluding tert-OH is 1. The van der Waals surface area contributed by atoms with E-state index < -0.39 is 17.9 Å². The van der Waals surface area contributed by atoms with Crippen molar-refractivity contribution in [1.82, 2.24) is 0 Å². The molecule has 0 aromatic heterocycles. The summed E-state index contributed by atoms with van der Waals surface area (Å²) in [6.07, 6.45) is -1.12. The highest BCUT2D eigenvalue weighted by atomic mass is 19.3. The van der Waals surface area contributed by atoms with E-state index in [0.29, 0.717) is 5.56 Å². The normalized spacial score (nSPS) is 29.8. The van der Waals surface area contributed by atoms with E-state index in [9.17, 15) is 13.9 Å². The van der Waals surface area contributed by atoms with Gasteiger partial charge in [-0.05, 0) is 5.56 Å². The Morgan fingerprint density at radius 2 is 1.79 bits per heavy atom. The number of alkyl halides is 2. The first kappa shape index (κ1) is 9.34. The first-order valence-electron chi connectivity index (χ1n) is 4.35. The minimum atomic E-state index is -2.97. The summed E-state index contributed by atoms with van der Waals surface area (Å²) < 4.78 is 26.5. The van der Waals surface area contributed by atoms with E-state index in [0.717, 1.165) is 0 Å². The van der Waals surface area contributed by atoms with Crippen molar-refractivity contribution >= 4 is 0 Å². The van der Waals surface area contributed by atoms with Gasteiger partial charge in [-0.3, -0.25) is 0 Å². The van der Waals surface area contributed by atoms with Gasteiger partial charge >= 0.3 is 0 Å². The summed E-state index contributed by atoms with van der Waals surface area (Å²) in [6.45, 7) is 3.17. The van der Waals surface area contributed by atoms with E-state index in [1.807, 2.05) is 0 Å². The van der Waals surface area contributed by atoms with Crippen LogP contribution in [0.15, 0.2) is 42.5 Å². The van der Waals surface area contributed by atoms with Crippen molar-refractivity contribution in [2.75, 3.05) is 0 Å². The summed E-state index contributed by atoms with van der Waals surface area (Å²) in [5.41, 5.74) is 0.0729. The molecule has 0 aliphatic heterocycles. The van der Waals surface area contributed by atoms with Crippen LogP contribution in [-0.4, -0.2) is 17.1 Å². The lowest BCUT2D eigenvalue weighted by molar-refractivity contribution is -0.103. The quantitative estimate of drug-likeness (QED) is 0.683. The predicted octanol–water partition coefficient (Wildman–Crippen LogP) is 2.34. The Labute approximate surface area is 80.7 Å². The Hall–Kier alpha value is -1.22. The maximum atomic E-state index is 13.3. The van der Waals surface area contributed by atoms with Gasteiger partial charge in [0.15, 0.2) is 0 Å². The largest absolute Gasteiger partial charge is 0.388 e. The molecule has 74 valence electrons. The van der Waals surface area contributed by atoms with Crippen molar-refractivity contribution in [3.8, 4) is 0 Å². The molecule has 1 aromatic rings. The van der Waals surface area contributed by atoms with Crippen LogP contribution in [0, 0.1) is 0 Å². The molecule has 1 fully saturated rings. The highest BCUT2D eigenvalue weighted by molar-refractivity contribution is 5.40. The molecule has 1 saturated carbocycles. The average Bonchev–Trinajstić information content (AvgIpc) is 2.18. The summed E-state index contributed by atoms with van der Waals surface area (Å²) in [6, 6.07) is 8.29. The monoisotopic (exact) mass is 196 g/mol. The van der Waals surface area contributed by atoms with Gasteiger partial charge in [-0.25, -0.2) is 8.78 Å². The standard InChI is InChI=1S/C11H10F2O/c1-7-10(14)9(11(7,12)13)8-5-3-2-4-6-8/h2-6,9-10,14H,1H2/t9-,10-/m1/s1. The van der Waals surface area contributed by atoms with Crippen molar-refractivity contribution in [3.05, 3.63) is 48.0 Å². The zero-order chi connectivity index (χ0) is 10.3. The first-order chi connectivity index (χ1) is 6.55. The molecule has 1 N–H and O–H groups in total. The van der Waals surface area contributed by atoms with Gasteiger partial charge in [0.2, 0.25) is 0 Å². The zero-order valence-electron chi connectivity index (χ0n) is 7.45. The third-order valence-electron chi connectivity index (χ3n) is 2.65. The molecule has 0 unspecified atom stereocenters. The van der Waals surface area contributed by atoms with Crippen molar-refractivity contribution in [3.63, 3.8) is 0 Å². The van der Waals surface area contributed by atoms with Gasteiger partial charge in [-0.15, -0.1) is 0 Å². The number of halogens is 2. The van der Waals surface area contributed by atoms with Crippen LogP contribution in [0.3, 0.4) is 0 Å². The molecule has 2 rings (SSSR count). The van der Waals surface area contributed by atoms with Crippen LogP contribution in [0.2, 0.25) is 0 Å². The summed E-state index contributed by atoms with van der Waals surface area (Å²) in [4.78, 5) is 0. The van der Waals surface area contributed by atoms with E-state index in [-0.39, 0.29) is 5.57 Å². The molecule has 0 saturated heterocycles. The maximum absolute atomic E-state index is 13.3. The second-order valence-electron chi connectivity index (χ2n) is 3.48. The van der Waals surface area contributed by atoms with Gasteiger partial charge in [0, 0.05) is 5.57 Å². The Balaban J connectivity index is 2.34. The minimum absolute atomic E-state index is 0.383. The second kappa shape index (κ2) is 2.89. The Bertz CT molecular complexity index is 359. The molecule has 14 heavy (non-hydrogen) atoms. The van der Waals surface area contributed by atoms with E-state index >= 15 is 0 Å². The summed E-state index contributed by atoms with van der Waals surface area (Å²) in [5, 5.41) is 9.39. The predicted molar refractivity (Wildman–Crippen MR) is 49.3 cm³/mol. The van der Waals surface area contributed by atoms with Crippen LogP contribution in [-0.2, 0) is 0 Å². The average molecular weight is 196 g/mol. The molecular formula is C11H10F2O. The number of hydrogen-bond acceptors (Lipinski definition) is 1. The molecule has 0 spiro atoms. The van der Waals surface area contributed by atoms with Gasteiger partial charge in [0.25, 0.3) is 5.92 Å². The maximum Gasteiger partial charge on any atom is 0.281 e. The highest BCUT2D eigenvalue weighted by Gasteiger charge is 2.59. The fraction of sp³-hybridized carbons (Fsp3) is 0.273. The molecule has 1 aliphatic rings. The van der Waals surface area contributed by atoms with E-state index in [4.69, 9.17) is 0 Å². The number of benzene rings is 1. The SMILES string of the molecule is C=C1[C@@H](O)[C@@H](c2ccccc2)C1(F)F. The molecule has 0 heterocycles. The number of hydrogen-bond donors (Lipinski definition) is 1. The van der Waals surface area contributed by atoms with Gasteiger partial charge < -0.3 is 5.11 Å². The van der Waals surface area contributed by atoms with Crippen molar-refractivity contribution in [2.24, 2.45) is 0 Å². The second-order valence-corrected chi connectivity index (χ2v) is 3.48. The summed E-state index contributed by atoms with van der Waals surface area (Å²) >= 11 is 0. The topological polar surface area (TPSA) is 20.2 Å². The zero-order valence-corrected chi connectivity index (χ0v) is 7.45. The van der Waals surface area contributed by atoms with Crippen LogP contribution < -0.4 is 0 Å². The van der Waals surface area contributed by atoms with Crippen LogP contribution in [0.4, 0.5) is 8.78 Å². The molecule has 0 amide bonds. The van der Waals surface area contributed by atoms with Crippen LogP contribution in [0.25, 0.3) is 0 Å². The van der Waals surface area contributed by atoms with Crippen LogP contribution >= 0.6 is 0 Å². The fourth-order valence-corrected chi connectivity index (χ4v) is 1.75. The molecule has 0 radical (unpaired) electrons. The minimum Gasteiger partial charge on any atom is -0.388 e. The number of rotatable bonds is 1.